The fourth-order valence-electron chi connectivity index (χ4n) is 4.63. The molecule has 2 N–H and O–H groups in total. The van der Waals surface area contributed by atoms with E-state index in [2.05, 4.69) is 31.9 Å². The number of anilines is 1. The van der Waals surface area contributed by atoms with Crippen molar-refractivity contribution in [2.75, 3.05) is 64.4 Å². The quantitative estimate of drug-likeness (QED) is 0.744. The number of aromatic nitrogens is 2. The number of carbonyl (C=O) groups excluding carboxylic acids is 1. The zero-order chi connectivity index (χ0) is 21.7. The van der Waals surface area contributed by atoms with E-state index in [0.29, 0.717) is 13.1 Å². The third-order valence-electron chi connectivity index (χ3n) is 6.75. The van der Waals surface area contributed by atoms with Gasteiger partial charge in [0, 0.05) is 63.6 Å². The highest BCUT2D eigenvalue weighted by Crippen LogP contribution is 2.36. The van der Waals surface area contributed by atoms with Crippen LogP contribution < -0.4 is 15.4 Å². The Labute approximate surface area is 184 Å². The molecule has 31 heavy (non-hydrogen) atoms. The summed E-state index contributed by atoms with van der Waals surface area (Å²) in [6.45, 7) is 5.96. The number of carbonyl (C=O) groups is 1. The lowest BCUT2D eigenvalue weighted by Gasteiger charge is -2.42. The molecular formula is C23H32N6O2. The molecule has 1 amide bonds. The van der Waals surface area contributed by atoms with Gasteiger partial charge in [0.1, 0.15) is 11.6 Å². The van der Waals surface area contributed by atoms with Crippen LogP contribution in [0.4, 0.5) is 5.82 Å². The first-order valence-electron chi connectivity index (χ1n) is 11.0. The van der Waals surface area contributed by atoms with Gasteiger partial charge in [-0.15, -0.1) is 0 Å². The van der Waals surface area contributed by atoms with Crippen LogP contribution in [0.3, 0.4) is 0 Å². The van der Waals surface area contributed by atoms with Crippen molar-refractivity contribution in [3.63, 3.8) is 0 Å². The zero-order valence-corrected chi connectivity index (χ0v) is 18.2. The normalized spacial score (nSPS) is 19.3. The van der Waals surface area contributed by atoms with Gasteiger partial charge in [0.05, 0.1) is 19.9 Å². The Morgan fingerprint density at radius 1 is 1.13 bits per heavy atom. The van der Waals surface area contributed by atoms with Crippen LogP contribution >= 0.6 is 0 Å². The summed E-state index contributed by atoms with van der Waals surface area (Å²) in [4.78, 5) is 27.9. The van der Waals surface area contributed by atoms with Gasteiger partial charge in [-0.05, 0) is 30.5 Å². The van der Waals surface area contributed by atoms with Crippen molar-refractivity contribution in [2.45, 2.75) is 18.3 Å². The summed E-state index contributed by atoms with van der Waals surface area (Å²) in [6, 6.07) is 8.19. The fraction of sp³-hybridized carbons (Fsp3) is 0.522. The molecule has 1 aromatic carbocycles. The molecule has 0 saturated carbocycles. The third kappa shape index (κ3) is 4.80. The minimum absolute atomic E-state index is 0.0896. The summed E-state index contributed by atoms with van der Waals surface area (Å²) in [6.07, 6.45) is 6.95. The van der Waals surface area contributed by atoms with Crippen LogP contribution in [-0.4, -0.2) is 85.1 Å². The fourth-order valence-corrected chi connectivity index (χ4v) is 4.63. The Morgan fingerprint density at radius 3 is 2.55 bits per heavy atom. The minimum Gasteiger partial charge on any atom is -0.497 e. The summed E-state index contributed by atoms with van der Waals surface area (Å²) in [5.41, 5.74) is 7.35. The Hall–Kier alpha value is -2.71. The number of nitrogens with two attached hydrogens (primary N) is 1. The first-order chi connectivity index (χ1) is 15.1. The lowest BCUT2D eigenvalue weighted by Crippen LogP contribution is -2.53. The predicted molar refractivity (Wildman–Crippen MR) is 120 cm³/mol. The molecule has 0 spiro atoms. The molecule has 1 aromatic heterocycles. The van der Waals surface area contributed by atoms with Crippen molar-refractivity contribution in [3.05, 3.63) is 48.4 Å². The van der Waals surface area contributed by atoms with E-state index in [1.165, 1.54) is 5.56 Å². The Kier molecular flexibility index (Phi) is 6.67. The molecule has 0 unspecified atom stereocenters. The second-order valence-electron chi connectivity index (χ2n) is 8.42. The third-order valence-corrected chi connectivity index (χ3v) is 6.75. The molecule has 2 aliphatic heterocycles. The maximum absolute atomic E-state index is 13.0. The van der Waals surface area contributed by atoms with Gasteiger partial charge >= 0.3 is 0 Å². The number of benzene rings is 1. The molecule has 8 heteroatoms. The van der Waals surface area contributed by atoms with Crippen molar-refractivity contribution >= 4 is 11.7 Å². The summed E-state index contributed by atoms with van der Waals surface area (Å²) in [7, 11) is 1.68. The molecule has 0 aliphatic carbocycles. The molecule has 2 aromatic rings. The second kappa shape index (κ2) is 9.62. The smallest absolute Gasteiger partial charge is 0.236 e. The van der Waals surface area contributed by atoms with Crippen LogP contribution in [-0.2, 0) is 10.2 Å². The highest BCUT2D eigenvalue weighted by molar-refractivity contribution is 5.78. The topological polar surface area (TPSA) is 87.8 Å². The molecule has 8 nitrogen and oxygen atoms in total. The molecule has 2 fully saturated rings. The van der Waals surface area contributed by atoms with E-state index >= 15 is 0 Å². The van der Waals surface area contributed by atoms with Gasteiger partial charge in [0.15, 0.2) is 0 Å². The van der Waals surface area contributed by atoms with Crippen molar-refractivity contribution in [1.29, 1.82) is 0 Å². The van der Waals surface area contributed by atoms with Gasteiger partial charge in [-0.1, -0.05) is 12.1 Å². The Balaban J connectivity index is 1.29. The number of nitrogens with zero attached hydrogens (tertiary/aromatic N) is 5. The van der Waals surface area contributed by atoms with Gasteiger partial charge in [-0.3, -0.25) is 14.7 Å². The first kappa shape index (κ1) is 21.5. The number of amides is 1. The van der Waals surface area contributed by atoms with Crippen LogP contribution in [0.1, 0.15) is 18.4 Å². The van der Waals surface area contributed by atoms with E-state index in [1.54, 1.807) is 25.7 Å². The summed E-state index contributed by atoms with van der Waals surface area (Å²) in [5.74, 6) is 1.97. The summed E-state index contributed by atoms with van der Waals surface area (Å²) < 4.78 is 5.39. The molecule has 3 heterocycles. The second-order valence-corrected chi connectivity index (χ2v) is 8.42. The Bertz CT molecular complexity index is 861. The first-order valence-corrected chi connectivity index (χ1v) is 11.0. The minimum atomic E-state index is -0.0896. The average Bonchev–Trinajstić information content (AvgIpc) is 2.85. The summed E-state index contributed by atoms with van der Waals surface area (Å²) >= 11 is 0. The van der Waals surface area contributed by atoms with Crippen molar-refractivity contribution in [1.82, 2.24) is 19.8 Å². The van der Waals surface area contributed by atoms with Gasteiger partial charge in [-0.2, -0.15) is 0 Å². The number of rotatable bonds is 6. The van der Waals surface area contributed by atoms with E-state index in [1.807, 2.05) is 17.0 Å². The highest BCUT2D eigenvalue weighted by atomic mass is 16.5. The maximum Gasteiger partial charge on any atom is 0.236 e. The van der Waals surface area contributed by atoms with E-state index in [0.717, 1.165) is 63.7 Å². The lowest BCUT2D eigenvalue weighted by molar-refractivity contribution is -0.134. The van der Waals surface area contributed by atoms with Gasteiger partial charge in [0.2, 0.25) is 5.91 Å². The number of hydrogen-bond donors (Lipinski definition) is 1. The van der Waals surface area contributed by atoms with Gasteiger partial charge < -0.3 is 20.3 Å². The van der Waals surface area contributed by atoms with E-state index in [9.17, 15) is 4.79 Å². The Morgan fingerprint density at radius 2 is 1.90 bits per heavy atom. The van der Waals surface area contributed by atoms with Crippen molar-refractivity contribution in [3.8, 4) is 5.75 Å². The number of ether oxygens (including phenoxy) is 1. The number of hydrogen-bond acceptors (Lipinski definition) is 7. The molecule has 0 atom stereocenters. The highest BCUT2D eigenvalue weighted by Gasteiger charge is 2.37. The van der Waals surface area contributed by atoms with Crippen LogP contribution in [0.5, 0.6) is 5.75 Å². The lowest BCUT2D eigenvalue weighted by atomic mass is 9.72. The standard InChI is InChI=1S/C23H32N6O2/c1-31-20-4-2-3-19(15-20)23(18-24)5-9-29(10-6-23)22(30)17-27-11-13-28(14-12-27)21-16-25-7-8-26-21/h2-4,7-8,15-16H,5-6,9-14,17-18,24H2,1H3. The number of likely N-dealkylation sites (tertiary alicyclic amines) is 1. The van der Waals surface area contributed by atoms with Gasteiger partial charge in [0.25, 0.3) is 0 Å². The molecule has 166 valence electrons. The molecular weight excluding hydrogens is 392 g/mol. The van der Waals surface area contributed by atoms with E-state index in [4.69, 9.17) is 10.5 Å². The van der Waals surface area contributed by atoms with Crippen molar-refractivity contribution < 1.29 is 9.53 Å². The number of piperidine rings is 1. The monoisotopic (exact) mass is 424 g/mol. The van der Waals surface area contributed by atoms with E-state index in [-0.39, 0.29) is 11.3 Å². The molecule has 0 radical (unpaired) electrons. The van der Waals surface area contributed by atoms with Crippen molar-refractivity contribution in [2.24, 2.45) is 5.73 Å². The summed E-state index contributed by atoms with van der Waals surface area (Å²) in [5, 5.41) is 0. The molecule has 4 rings (SSSR count). The largest absolute Gasteiger partial charge is 0.497 e. The number of piperazine rings is 1. The van der Waals surface area contributed by atoms with E-state index < -0.39 is 0 Å². The zero-order valence-electron chi connectivity index (χ0n) is 18.2. The van der Waals surface area contributed by atoms with Crippen LogP contribution in [0.2, 0.25) is 0 Å². The maximum atomic E-state index is 13.0. The molecule has 2 aliphatic rings. The number of methoxy groups -OCH3 is 1. The van der Waals surface area contributed by atoms with Crippen LogP contribution in [0, 0.1) is 0 Å². The SMILES string of the molecule is COc1cccc(C2(CN)CCN(C(=O)CN3CCN(c4cnccn4)CC3)CC2)c1. The average molecular weight is 425 g/mol. The van der Waals surface area contributed by atoms with Crippen LogP contribution in [0.15, 0.2) is 42.9 Å². The molecule has 0 bridgehead atoms. The predicted octanol–water partition coefficient (Wildman–Crippen LogP) is 1.13. The van der Waals surface area contributed by atoms with Gasteiger partial charge in [-0.25, -0.2) is 4.98 Å². The van der Waals surface area contributed by atoms with Crippen LogP contribution in [0.25, 0.3) is 0 Å². The molecule has 2 saturated heterocycles.